The lowest BCUT2D eigenvalue weighted by Crippen LogP contribution is -2.04. The molecule has 1 N–H and O–H groups in total. The number of anilines is 2. The van der Waals surface area contributed by atoms with E-state index < -0.39 is 12.1 Å². The predicted octanol–water partition coefficient (Wildman–Crippen LogP) is 4.61. The number of nitrogens with one attached hydrogen (secondary N) is 1. The first-order valence-corrected chi connectivity index (χ1v) is 6.69. The highest BCUT2D eigenvalue weighted by Crippen LogP contribution is 2.30. The van der Waals surface area contributed by atoms with E-state index in [0.717, 1.165) is 11.3 Å². The monoisotopic (exact) mass is 318 g/mol. The summed E-state index contributed by atoms with van der Waals surface area (Å²) in [7, 11) is 0. The van der Waals surface area contributed by atoms with Gasteiger partial charge in [-0.05, 0) is 24.6 Å². The van der Waals surface area contributed by atoms with E-state index in [4.69, 9.17) is 0 Å². The molecule has 1 aromatic heterocycles. The number of hydrogen-bond donors (Lipinski definition) is 1. The van der Waals surface area contributed by atoms with Crippen molar-refractivity contribution in [2.24, 2.45) is 0 Å². The van der Waals surface area contributed by atoms with Crippen molar-refractivity contribution in [1.29, 1.82) is 0 Å². The maximum Gasteiger partial charge on any atom is 0.471 e. The van der Waals surface area contributed by atoms with Crippen LogP contribution < -0.4 is 5.32 Å². The minimum absolute atomic E-state index is 0.126. The maximum absolute atomic E-state index is 12.5. The Morgan fingerprint density at radius 2 is 1.96 bits per heavy atom. The molecule has 3 aromatic rings. The average Bonchev–Trinajstić information content (AvgIpc) is 3.00. The van der Waals surface area contributed by atoms with Crippen molar-refractivity contribution >= 4 is 11.4 Å². The zero-order valence-corrected chi connectivity index (χ0v) is 12.0. The van der Waals surface area contributed by atoms with E-state index in [0.29, 0.717) is 11.3 Å². The molecule has 0 bridgehead atoms. The Hall–Kier alpha value is -2.83. The SMILES string of the molecule is Cc1ccccc1Nc1[c]ccc(-c2noc(C(F)(F)F)n2)c1. The lowest BCUT2D eigenvalue weighted by Gasteiger charge is -2.09. The molecule has 0 unspecified atom stereocenters. The Morgan fingerprint density at radius 3 is 2.65 bits per heavy atom. The summed E-state index contributed by atoms with van der Waals surface area (Å²) in [6.07, 6.45) is -4.66. The molecule has 0 saturated heterocycles. The highest BCUT2D eigenvalue weighted by atomic mass is 19.4. The molecule has 117 valence electrons. The summed E-state index contributed by atoms with van der Waals surface area (Å²) < 4.78 is 41.8. The van der Waals surface area contributed by atoms with Gasteiger partial charge in [-0.15, -0.1) is 0 Å². The van der Waals surface area contributed by atoms with E-state index in [1.54, 1.807) is 18.2 Å². The normalized spacial score (nSPS) is 11.5. The number of hydrogen-bond acceptors (Lipinski definition) is 4. The molecular weight excluding hydrogens is 307 g/mol. The van der Waals surface area contributed by atoms with Gasteiger partial charge in [0.25, 0.3) is 0 Å². The maximum atomic E-state index is 12.5. The highest BCUT2D eigenvalue weighted by molar-refractivity contribution is 5.68. The van der Waals surface area contributed by atoms with Crippen LogP contribution in [0.4, 0.5) is 24.5 Å². The molecule has 1 radical (unpaired) electrons. The predicted molar refractivity (Wildman–Crippen MR) is 78.0 cm³/mol. The molecule has 0 aliphatic rings. The summed E-state index contributed by atoms with van der Waals surface area (Å²) in [5.41, 5.74) is 2.91. The number of aryl methyl sites for hydroxylation is 1. The summed E-state index contributed by atoms with van der Waals surface area (Å²) in [4.78, 5) is 3.37. The average molecular weight is 318 g/mol. The third-order valence-corrected chi connectivity index (χ3v) is 3.14. The second-order valence-electron chi connectivity index (χ2n) is 4.85. The van der Waals surface area contributed by atoms with Crippen LogP contribution in [-0.2, 0) is 6.18 Å². The fraction of sp³-hybridized carbons (Fsp3) is 0.125. The molecular formula is C16H11F3N3O. The largest absolute Gasteiger partial charge is 0.471 e. The molecule has 0 atom stereocenters. The number of halogens is 3. The number of benzene rings is 2. The molecule has 0 aliphatic heterocycles. The summed E-state index contributed by atoms with van der Waals surface area (Å²) in [6, 6.07) is 15.4. The van der Waals surface area contributed by atoms with Gasteiger partial charge < -0.3 is 9.84 Å². The second kappa shape index (κ2) is 5.75. The van der Waals surface area contributed by atoms with Crippen molar-refractivity contribution in [3.8, 4) is 11.4 Å². The quantitative estimate of drug-likeness (QED) is 0.766. The van der Waals surface area contributed by atoms with Gasteiger partial charge in [-0.25, -0.2) is 0 Å². The summed E-state index contributed by atoms with van der Waals surface area (Å²) in [6.45, 7) is 1.95. The first-order chi connectivity index (χ1) is 10.9. The van der Waals surface area contributed by atoms with E-state index in [-0.39, 0.29) is 5.82 Å². The first-order valence-electron chi connectivity index (χ1n) is 6.69. The lowest BCUT2D eigenvalue weighted by molar-refractivity contribution is -0.159. The van der Waals surface area contributed by atoms with E-state index in [1.165, 1.54) is 0 Å². The van der Waals surface area contributed by atoms with Gasteiger partial charge in [0.1, 0.15) is 0 Å². The smallest absolute Gasteiger partial charge is 0.355 e. The molecule has 0 amide bonds. The van der Waals surface area contributed by atoms with Gasteiger partial charge in [0.2, 0.25) is 5.82 Å². The van der Waals surface area contributed by atoms with Crippen molar-refractivity contribution in [2.75, 3.05) is 5.32 Å². The van der Waals surface area contributed by atoms with Crippen LogP contribution in [0.1, 0.15) is 11.5 Å². The van der Waals surface area contributed by atoms with Crippen LogP contribution in [0.2, 0.25) is 0 Å². The highest BCUT2D eigenvalue weighted by Gasteiger charge is 2.38. The number of aromatic nitrogens is 2. The van der Waals surface area contributed by atoms with Crippen molar-refractivity contribution in [3.63, 3.8) is 0 Å². The van der Waals surface area contributed by atoms with E-state index in [2.05, 4.69) is 26.0 Å². The van der Waals surface area contributed by atoms with Gasteiger partial charge >= 0.3 is 12.1 Å². The Kier molecular flexibility index (Phi) is 3.77. The molecule has 7 heteroatoms. The fourth-order valence-electron chi connectivity index (χ4n) is 1.99. The summed E-state index contributed by atoms with van der Waals surface area (Å²) in [5.74, 6) is -1.49. The minimum atomic E-state index is -4.66. The van der Waals surface area contributed by atoms with E-state index >= 15 is 0 Å². The van der Waals surface area contributed by atoms with Crippen LogP contribution in [0, 0.1) is 13.0 Å². The Morgan fingerprint density at radius 1 is 1.17 bits per heavy atom. The lowest BCUT2D eigenvalue weighted by atomic mass is 10.1. The van der Waals surface area contributed by atoms with E-state index in [9.17, 15) is 13.2 Å². The number of rotatable bonds is 3. The van der Waals surface area contributed by atoms with Crippen LogP contribution >= 0.6 is 0 Å². The van der Waals surface area contributed by atoms with Gasteiger partial charge in [0.05, 0.1) is 0 Å². The molecule has 4 nitrogen and oxygen atoms in total. The van der Waals surface area contributed by atoms with Crippen molar-refractivity contribution in [1.82, 2.24) is 10.1 Å². The number of alkyl halides is 3. The third kappa shape index (κ3) is 3.33. The fourth-order valence-corrected chi connectivity index (χ4v) is 1.99. The van der Waals surface area contributed by atoms with Crippen molar-refractivity contribution < 1.29 is 17.7 Å². The second-order valence-corrected chi connectivity index (χ2v) is 4.85. The van der Waals surface area contributed by atoms with Crippen LogP contribution in [0.5, 0.6) is 0 Å². The Balaban J connectivity index is 1.88. The standard InChI is InChI=1S/C16H11F3N3O/c1-10-5-2-3-8-13(10)20-12-7-4-6-11(9-12)14-21-15(23-22-14)16(17,18)19/h2-6,8-9,20H,1H3. The zero-order chi connectivity index (χ0) is 16.4. The van der Waals surface area contributed by atoms with Gasteiger partial charge in [0.15, 0.2) is 0 Å². The zero-order valence-electron chi connectivity index (χ0n) is 12.0. The number of nitrogens with zero attached hydrogens (tertiary/aromatic N) is 2. The van der Waals surface area contributed by atoms with Crippen LogP contribution in [0.15, 0.2) is 47.0 Å². The molecule has 3 rings (SSSR count). The van der Waals surface area contributed by atoms with Crippen molar-refractivity contribution in [2.45, 2.75) is 13.1 Å². The Labute approximate surface area is 130 Å². The molecule has 0 fully saturated rings. The van der Waals surface area contributed by atoms with Crippen LogP contribution in [-0.4, -0.2) is 10.1 Å². The number of para-hydroxylation sites is 1. The summed E-state index contributed by atoms with van der Waals surface area (Å²) in [5, 5.41) is 6.53. The van der Waals surface area contributed by atoms with Gasteiger partial charge in [0, 0.05) is 23.0 Å². The van der Waals surface area contributed by atoms with Crippen LogP contribution in [0.3, 0.4) is 0 Å². The van der Waals surface area contributed by atoms with Gasteiger partial charge in [-0.2, -0.15) is 18.2 Å². The van der Waals surface area contributed by atoms with Gasteiger partial charge in [-0.1, -0.05) is 35.5 Å². The van der Waals surface area contributed by atoms with Crippen molar-refractivity contribution in [3.05, 3.63) is 60.0 Å². The molecule has 0 saturated carbocycles. The molecule has 0 spiro atoms. The third-order valence-electron chi connectivity index (χ3n) is 3.14. The van der Waals surface area contributed by atoms with Crippen LogP contribution in [0.25, 0.3) is 11.4 Å². The van der Waals surface area contributed by atoms with E-state index in [1.807, 2.05) is 31.2 Å². The molecule has 23 heavy (non-hydrogen) atoms. The van der Waals surface area contributed by atoms with Gasteiger partial charge in [-0.3, -0.25) is 0 Å². The minimum Gasteiger partial charge on any atom is -0.355 e. The first kappa shape index (κ1) is 15.1. The topological polar surface area (TPSA) is 51.0 Å². The Bertz CT molecular complexity index is 827. The molecule has 1 heterocycles. The molecule has 2 aromatic carbocycles. The molecule has 0 aliphatic carbocycles. The summed E-state index contributed by atoms with van der Waals surface area (Å²) >= 11 is 0.